The van der Waals surface area contributed by atoms with Crippen molar-refractivity contribution in [3.63, 3.8) is 0 Å². The molecular weight excluding hydrogens is 732 g/mol. The van der Waals surface area contributed by atoms with Crippen LogP contribution in [0.3, 0.4) is 0 Å². The van der Waals surface area contributed by atoms with Crippen LogP contribution in [0.1, 0.15) is 33.4 Å². The van der Waals surface area contributed by atoms with Crippen LogP contribution in [0.4, 0.5) is 34.1 Å². The first-order chi connectivity index (χ1) is 29.2. The highest BCUT2D eigenvalue weighted by atomic mass is 31.0. The summed E-state index contributed by atoms with van der Waals surface area (Å²) in [7, 11) is 1.98. The van der Waals surface area contributed by atoms with Crippen molar-refractivity contribution in [2.75, 3.05) is 9.80 Å². The molecule has 9 aromatic carbocycles. The first-order valence-electron chi connectivity index (χ1n) is 20.4. The van der Waals surface area contributed by atoms with E-state index in [2.05, 4.69) is 234 Å². The van der Waals surface area contributed by atoms with Crippen LogP contribution in [0.15, 0.2) is 224 Å². The summed E-state index contributed by atoms with van der Waals surface area (Å²) in [5.74, 6) is 0. The number of hydrogen-bond acceptors (Lipinski definition) is 2. The summed E-state index contributed by atoms with van der Waals surface area (Å²) in [6.45, 7) is 0. The van der Waals surface area contributed by atoms with E-state index in [-0.39, 0.29) is 0 Å². The number of rotatable bonds is 8. The Bertz CT molecular complexity index is 2930. The quantitative estimate of drug-likeness (QED) is 0.142. The number of para-hydroxylation sites is 3. The minimum absolute atomic E-state index is 0.464. The molecule has 0 N–H and O–H groups in total. The summed E-state index contributed by atoms with van der Waals surface area (Å²) in [6.07, 6.45) is 0.888. The van der Waals surface area contributed by atoms with E-state index in [1.54, 1.807) is 0 Å². The van der Waals surface area contributed by atoms with Crippen molar-refractivity contribution >= 4 is 48.7 Å². The van der Waals surface area contributed by atoms with Gasteiger partial charge in [-0.2, -0.15) is 0 Å². The number of hydrogen-bond donors (Lipinski definition) is 0. The Hall–Kier alpha value is -6.99. The van der Waals surface area contributed by atoms with Crippen LogP contribution < -0.4 is 15.1 Å². The molecule has 1 spiro atoms. The van der Waals surface area contributed by atoms with E-state index < -0.39 is 5.41 Å². The fraction of sp³-hybridized carbons (Fsp3) is 0.0357. The van der Waals surface area contributed by atoms with Crippen molar-refractivity contribution in [3.05, 3.63) is 258 Å². The zero-order valence-electron chi connectivity index (χ0n) is 32.7. The summed E-state index contributed by atoms with van der Waals surface area (Å²) in [5.41, 5.74) is 19.6. The molecule has 280 valence electrons. The zero-order chi connectivity index (χ0) is 39.3. The van der Waals surface area contributed by atoms with E-state index in [1.165, 1.54) is 60.9 Å². The molecule has 9 aromatic rings. The van der Waals surface area contributed by atoms with Gasteiger partial charge in [-0.3, -0.25) is 0 Å². The van der Waals surface area contributed by atoms with Gasteiger partial charge in [0.25, 0.3) is 0 Å². The maximum Gasteiger partial charge on any atom is 0.0868 e. The first kappa shape index (κ1) is 35.2. The van der Waals surface area contributed by atoms with Crippen LogP contribution in [-0.2, 0) is 11.8 Å². The lowest BCUT2D eigenvalue weighted by atomic mass is 9.70. The van der Waals surface area contributed by atoms with Gasteiger partial charge in [-0.25, -0.2) is 0 Å². The average molecular weight is 774 g/mol. The molecular formula is C56H42N2P+. The van der Waals surface area contributed by atoms with E-state index in [0.29, 0.717) is 0 Å². The molecule has 2 aliphatic rings. The third-order valence-corrected chi connectivity index (χ3v) is 12.7. The Morgan fingerprint density at radius 2 is 0.712 bits per heavy atom. The first-order valence-corrected chi connectivity index (χ1v) is 21.1. The standard InChI is InChI=1S/C56H41N2P/c59-47-31-34-51-49-32-25-40(35-39-15-5-1-6-16-39)36-53(49)56(55(51)38-47)52-24-14-13-23-48(52)50-33-30-46(37-54(50)56)58(43-21-11-4-12-22-43)45-28-26-44(27-29-45)57(41-17-7-2-8-18-41)42-19-9-3-10-20-42/h1-34,36-38H,35,59H2/p+1. The minimum atomic E-state index is -0.464. The van der Waals surface area contributed by atoms with Crippen LogP contribution in [0.2, 0.25) is 0 Å². The molecule has 0 saturated heterocycles. The van der Waals surface area contributed by atoms with Crippen LogP contribution in [0, 0.1) is 0 Å². The van der Waals surface area contributed by atoms with E-state index in [1.807, 2.05) is 9.24 Å². The van der Waals surface area contributed by atoms with Crippen LogP contribution in [-0.4, -0.2) is 0 Å². The van der Waals surface area contributed by atoms with Crippen LogP contribution in [0.5, 0.6) is 0 Å². The molecule has 2 nitrogen and oxygen atoms in total. The summed E-state index contributed by atoms with van der Waals surface area (Å²) in [6, 6.07) is 82.5. The Balaban J connectivity index is 1.10. The van der Waals surface area contributed by atoms with Gasteiger partial charge in [-0.15, -0.1) is 0 Å². The molecule has 0 saturated carbocycles. The smallest absolute Gasteiger partial charge is 0.0868 e. The van der Waals surface area contributed by atoms with Crippen molar-refractivity contribution in [2.45, 2.75) is 11.8 Å². The summed E-state index contributed by atoms with van der Waals surface area (Å²) >= 11 is 0. The largest absolute Gasteiger partial charge is 0.311 e. The van der Waals surface area contributed by atoms with Gasteiger partial charge in [-0.05, 0) is 147 Å². The molecule has 0 heterocycles. The number of fused-ring (bicyclic) bond motifs is 10. The Morgan fingerprint density at radius 3 is 1.31 bits per heavy atom. The highest BCUT2D eigenvalue weighted by molar-refractivity contribution is 7.27. The molecule has 0 bridgehead atoms. The van der Waals surface area contributed by atoms with Crippen LogP contribution in [0.25, 0.3) is 22.3 Å². The van der Waals surface area contributed by atoms with Gasteiger partial charge in [0.1, 0.15) is 0 Å². The third-order valence-electron chi connectivity index (χ3n) is 12.2. The van der Waals surface area contributed by atoms with Gasteiger partial charge in [-0.1, -0.05) is 140 Å². The predicted octanol–water partition coefficient (Wildman–Crippen LogP) is 13.8. The summed E-state index contributed by atoms with van der Waals surface area (Å²) < 4.78 is 0. The Kier molecular flexibility index (Phi) is 8.61. The molecule has 2 unspecified atom stereocenters. The molecule has 2 aliphatic carbocycles. The maximum absolute atomic E-state index is 2.51. The predicted molar refractivity (Wildman–Crippen MR) is 252 cm³/mol. The second-order valence-electron chi connectivity index (χ2n) is 15.6. The number of benzene rings is 9. The van der Waals surface area contributed by atoms with Gasteiger partial charge in [0.15, 0.2) is 0 Å². The highest BCUT2D eigenvalue weighted by Gasteiger charge is 2.52. The normalized spacial score (nSPS) is 14.4. The van der Waals surface area contributed by atoms with Crippen molar-refractivity contribution in [1.29, 1.82) is 0 Å². The van der Waals surface area contributed by atoms with Crippen molar-refractivity contribution in [1.82, 2.24) is 0 Å². The van der Waals surface area contributed by atoms with E-state index >= 15 is 0 Å². The summed E-state index contributed by atoms with van der Waals surface area (Å²) in [5, 5.41) is 1.30. The lowest BCUT2D eigenvalue weighted by molar-refractivity contribution is 0.792. The monoisotopic (exact) mass is 773 g/mol. The fourth-order valence-corrected chi connectivity index (χ4v) is 10.0. The molecule has 59 heavy (non-hydrogen) atoms. The SMILES string of the molecule is [PH3+]c1ccc2c(c1)C1(c3ccccc3-c3ccc(N(c4ccccc4)c4ccc(N(c5ccccc5)c5ccccc5)cc4)cc31)c1cc(Cc3ccccc3)ccc1-2. The van der Waals surface area contributed by atoms with E-state index in [0.717, 1.165) is 40.5 Å². The lowest BCUT2D eigenvalue weighted by Gasteiger charge is -2.32. The molecule has 0 radical (unpaired) electrons. The molecule has 0 aromatic heterocycles. The van der Waals surface area contributed by atoms with Crippen molar-refractivity contribution in [2.24, 2.45) is 0 Å². The van der Waals surface area contributed by atoms with Gasteiger partial charge in [0.05, 0.1) is 10.7 Å². The molecule has 0 amide bonds. The topological polar surface area (TPSA) is 6.48 Å². The number of nitrogens with zero attached hydrogens (tertiary/aromatic N) is 2. The van der Waals surface area contributed by atoms with Crippen LogP contribution >= 0.6 is 9.24 Å². The Labute approximate surface area is 348 Å². The molecule has 3 heteroatoms. The second kappa shape index (κ2) is 14.4. The Morgan fingerprint density at radius 1 is 0.305 bits per heavy atom. The van der Waals surface area contributed by atoms with Crippen molar-refractivity contribution < 1.29 is 0 Å². The van der Waals surface area contributed by atoms with E-state index in [9.17, 15) is 0 Å². The van der Waals surface area contributed by atoms with Gasteiger partial charge in [0.2, 0.25) is 0 Å². The van der Waals surface area contributed by atoms with Crippen molar-refractivity contribution in [3.8, 4) is 22.3 Å². The van der Waals surface area contributed by atoms with Gasteiger partial charge < -0.3 is 9.80 Å². The fourth-order valence-electron chi connectivity index (χ4n) is 9.72. The molecule has 2 atom stereocenters. The minimum Gasteiger partial charge on any atom is -0.311 e. The number of anilines is 6. The lowest BCUT2D eigenvalue weighted by Crippen LogP contribution is -2.27. The molecule has 11 rings (SSSR count). The maximum atomic E-state index is 2.51. The second-order valence-corrected chi connectivity index (χ2v) is 16.5. The van der Waals surface area contributed by atoms with E-state index in [4.69, 9.17) is 0 Å². The third kappa shape index (κ3) is 5.83. The zero-order valence-corrected chi connectivity index (χ0v) is 34.1. The van der Waals surface area contributed by atoms with Gasteiger partial charge in [0, 0.05) is 43.4 Å². The van der Waals surface area contributed by atoms with Gasteiger partial charge >= 0.3 is 0 Å². The molecule has 0 aliphatic heterocycles. The summed E-state index contributed by atoms with van der Waals surface area (Å²) in [4.78, 5) is 4.73. The highest BCUT2D eigenvalue weighted by Crippen LogP contribution is 2.63. The molecule has 0 fully saturated rings. The average Bonchev–Trinajstić information content (AvgIpc) is 3.74.